The zero-order valence-corrected chi connectivity index (χ0v) is 11.8. The molecule has 0 amide bonds. The van der Waals surface area contributed by atoms with E-state index in [1.807, 2.05) is 14.0 Å². The molecule has 0 aliphatic carbocycles. The zero-order chi connectivity index (χ0) is 14.0. The molecular formula is C13H15ClFN3O. The number of likely N-dealkylation sites (N-methyl/N-ethyl adjacent to an activating group) is 1. The Morgan fingerprint density at radius 1 is 1.47 bits per heavy atom. The van der Waals surface area contributed by atoms with Gasteiger partial charge in [-0.3, -0.25) is 0 Å². The predicted octanol–water partition coefficient (Wildman–Crippen LogP) is 2.99. The fourth-order valence-electron chi connectivity index (χ4n) is 1.64. The second-order valence-corrected chi connectivity index (χ2v) is 4.90. The molecule has 0 aliphatic rings. The standard InChI is InChI=1S/C13H15ClFN3O/c1-7-4-9(10(14)6-11(7)15)13-17-12(18-19-13)5-8(2)16-3/h4,6,8,16H,5H2,1-3H3. The van der Waals surface area contributed by atoms with Crippen LogP contribution in [0.2, 0.25) is 5.02 Å². The van der Waals surface area contributed by atoms with Crippen molar-refractivity contribution in [2.24, 2.45) is 0 Å². The highest BCUT2D eigenvalue weighted by Gasteiger charge is 2.15. The Morgan fingerprint density at radius 2 is 2.21 bits per heavy atom. The Labute approximate surface area is 116 Å². The van der Waals surface area contributed by atoms with Gasteiger partial charge < -0.3 is 9.84 Å². The molecule has 1 heterocycles. The van der Waals surface area contributed by atoms with E-state index in [0.717, 1.165) is 0 Å². The molecule has 1 unspecified atom stereocenters. The maximum atomic E-state index is 13.3. The van der Waals surface area contributed by atoms with Crippen molar-refractivity contribution in [3.05, 3.63) is 34.4 Å². The number of aromatic nitrogens is 2. The first-order valence-corrected chi connectivity index (χ1v) is 6.35. The average molecular weight is 284 g/mol. The number of rotatable bonds is 4. The summed E-state index contributed by atoms with van der Waals surface area (Å²) in [6.07, 6.45) is 0.651. The lowest BCUT2D eigenvalue weighted by Crippen LogP contribution is -2.24. The summed E-state index contributed by atoms with van der Waals surface area (Å²) in [5, 5.41) is 7.25. The van der Waals surface area contributed by atoms with E-state index in [0.29, 0.717) is 29.3 Å². The van der Waals surface area contributed by atoms with Crippen LogP contribution in [0.1, 0.15) is 18.3 Å². The van der Waals surface area contributed by atoms with E-state index in [-0.39, 0.29) is 16.9 Å². The van der Waals surface area contributed by atoms with Crippen molar-refractivity contribution >= 4 is 11.6 Å². The number of benzene rings is 1. The van der Waals surface area contributed by atoms with Crippen LogP contribution in [0.3, 0.4) is 0 Å². The number of nitrogens with zero attached hydrogens (tertiary/aromatic N) is 2. The summed E-state index contributed by atoms with van der Waals surface area (Å²) >= 11 is 6.00. The third kappa shape index (κ3) is 3.11. The van der Waals surface area contributed by atoms with Crippen LogP contribution in [0, 0.1) is 12.7 Å². The smallest absolute Gasteiger partial charge is 0.259 e. The number of aryl methyl sites for hydroxylation is 1. The molecule has 0 saturated heterocycles. The number of halogens is 2. The van der Waals surface area contributed by atoms with Crippen LogP contribution >= 0.6 is 11.6 Å². The molecule has 4 nitrogen and oxygen atoms in total. The van der Waals surface area contributed by atoms with Crippen molar-refractivity contribution in [1.29, 1.82) is 0 Å². The van der Waals surface area contributed by atoms with Crippen LogP contribution in [0.15, 0.2) is 16.7 Å². The van der Waals surface area contributed by atoms with E-state index in [1.165, 1.54) is 6.07 Å². The Bertz CT molecular complexity index is 585. The van der Waals surface area contributed by atoms with E-state index in [4.69, 9.17) is 16.1 Å². The van der Waals surface area contributed by atoms with Gasteiger partial charge in [-0.25, -0.2) is 4.39 Å². The summed E-state index contributed by atoms with van der Waals surface area (Å²) in [7, 11) is 1.87. The molecule has 19 heavy (non-hydrogen) atoms. The molecule has 1 N–H and O–H groups in total. The van der Waals surface area contributed by atoms with Crippen LogP contribution in [0.5, 0.6) is 0 Å². The van der Waals surface area contributed by atoms with Gasteiger partial charge in [-0.05, 0) is 38.6 Å². The van der Waals surface area contributed by atoms with Crippen molar-refractivity contribution < 1.29 is 8.91 Å². The average Bonchev–Trinajstić information content (AvgIpc) is 2.82. The van der Waals surface area contributed by atoms with Crippen molar-refractivity contribution in [2.75, 3.05) is 7.05 Å². The highest BCUT2D eigenvalue weighted by Crippen LogP contribution is 2.29. The maximum absolute atomic E-state index is 13.3. The topological polar surface area (TPSA) is 51.0 Å². The summed E-state index contributed by atoms with van der Waals surface area (Å²) in [6, 6.07) is 3.11. The van der Waals surface area contributed by atoms with E-state index < -0.39 is 0 Å². The Kier molecular flexibility index (Phi) is 4.17. The minimum Gasteiger partial charge on any atom is -0.334 e. The highest BCUT2D eigenvalue weighted by molar-refractivity contribution is 6.33. The fourth-order valence-corrected chi connectivity index (χ4v) is 1.87. The van der Waals surface area contributed by atoms with Gasteiger partial charge in [0.2, 0.25) is 0 Å². The molecule has 0 bridgehead atoms. The van der Waals surface area contributed by atoms with Crippen LogP contribution in [0.25, 0.3) is 11.5 Å². The lowest BCUT2D eigenvalue weighted by molar-refractivity contribution is 0.418. The normalized spacial score (nSPS) is 12.7. The molecule has 2 rings (SSSR count). The molecule has 6 heteroatoms. The van der Waals surface area contributed by atoms with Gasteiger partial charge in [0.1, 0.15) is 5.82 Å². The van der Waals surface area contributed by atoms with Crippen molar-refractivity contribution in [3.8, 4) is 11.5 Å². The van der Waals surface area contributed by atoms with Crippen LogP contribution in [-0.4, -0.2) is 23.2 Å². The van der Waals surface area contributed by atoms with E-state index in [9.17, 15) is 4.39 Å². The Morgan fingerprint density at radius 3 is 2.89 bits per heavy atom. The lowest BCUT2D eigenvalue weighted by Gasteiger charge is -2.05. The minimum atomic E-state index is -0.350. The molecule has 1 aromatic carbocycles. The van der Waals surface area contributed by atoms with Crippen LogP contribution in [-0.2, 0) is 6.42 Å². The van der Waals surface area contributed by atoms with Gasteiger partial charge in [-0.1, -0.05) is 16.8 Å². The number of hydrogen-bond acceptors (Lipinski definition) is 4. The maximum Gasteiger partial charge on any atom is 0.259 e. The summed E-state index contributed by atoms with van der Waals surface area (Å²) < 4.78 is 18.5. The van der Waals surface area contributed by atoms with Crippen LogP contribution < -0.4 is 5.32 Å². The number of nitrogens with one attached hydrogen (secondary N) is 1. The molecule has 0 spiro atoms. The van der Waals surface area contributed by atoms with Crippen molar-refractivity contribution in [1.82, 2.24) is 15.5 Å². The van der Waals surface area contributed by atoms with Crippen LogP contribution in [0.4, 0.5) is 4.39 Å². The third-order valence-electron chi connectivity index (χ3n) is 2.93. The molecular weight excluding hydrogens is 269 g/mol. The minimum absolute atomic E-state index is 0.246. The monoisotopic (exact) mass is 283 g/mol. The van der Waals surface area contributed by atoms with Crippen molar-refractivity contribution in [3.63, 3.8) is 0 Å². The largest absolute Gasteiger partial charge is 0.334 e. The third-order valence-corrected chi connectivity index (χ3v) is 3.24. The summed E-state index contributed by atoms with van der Waals surface area (Å²) in [4.78, 5) is 4.28. The Balaban J connectivity index is 2.30. The summed E-state index contributed by atoms with van der Waals surface area (Å²) in [5.41, 5.74) is 1.04. The quantitative estimate of drug-likeness (QED) is 0.937. The SMILES string of the molecule is CNC(C)Cc1noc(-c2cc(C)c(F)cc2Cl)n1. The fraction of sp³-hybridized carbons (Fsp3) is 0.385. The molecule has 0 fully saturated rings. The van der Waals surface area contributed by atoms with E-state index in [1.54, 1.807) is 13.0 Å². The van der Waals surface area contributed by atoms with Gasteiger partial charge >= 0.3 is 0 Å². The van der Waals surface area contributed by atoms with Crippen molar-refractivity contribution in [2.45, 2.75) is 26.3 Å². The molecule has 1 aromatic heterocycles. The predicted molar refractivity (Wildman–Crippen MR) is 71.7 cm³/mol. The Hall–Kier alpha value is -1.46. The molecule has 0 saturated carbocycles. The molecule has 2 aromatic rings. The first kappa shape index (κ1) is 14.0. The van der Waals surface area contributed by atoms with E-state index >= 15 is 0 Å². The van der Waals surface area contributed by atoms with Gasteiger partial charge in [0.25, 0.3) is 5.89 Å². The van der Waals surface area contributed by atoms with Gasteiger partial charge in [-0.2, -0.15) is 4.98 Å². The van der Waals surface area contributed by atoms with Gasteiger partial charge in [0, 0.05) is 12.5 Å². The zero-order valence-electron chi connectivity index (χ0n) is 11.0. The second-order valence-electron chi connectivity index (χ2n) is 4.49. The van der Waals surface area contributed by atoms with E-state index in [2.05, 4.69) is 15.5 Å². The van der Waals surface area contributed by atoms with Gasteiger partial charge in [0.05, 0.1) is 10.6 Å². The molecule has 102 valence electrons. The molecule has 0 aliphatic heterocycles. The summed E-state index contributed by atoms with van der Waals surface area (Å²) in [5.74, 6) is 0.554. The summed E-state index contributed by atoms with van der Waals surface area (Å²) in [6.45, 7) is 3.68. The van der Waals surface area contributed by atoms with Gasteiger partial charge in [0.15, 0.2) is 5.82 Å². The lowest BCUT2D eigenvalue weighted by atomic mass is 10.1. The first-order chi connectivity index (χ1) is 9.01. The molecule has 0 radical (unpaired) electrons. The number of hydrogen-bond donors (Lipinski definition) is 1. The molecule has 1 atom stereocenters. The van der Waals surface area contributed by atoms with Gasteiger partial charge in [-0.15, -0.1) is 0 Å². The first-order valence-electron chi connectivity index (χ1n) is 5.97. The highest BCUT2D eigenvalue weighted by atomic mass is 35.5. The second kappa shape index (κ2) is 5.67.